The molecule has 1 aromatic carbocycles. The number of carboxylic acids is 1. The van der Waals surface area contributed by atoms with Crippen molar-refractivity contribution in [1.29, 1.82) is 0 Å². The molecule has 1 atom stereocenters. The first kappa shape index (κ1) is 12.6. The van der Waals surface area contributed by atoms with Crippen molar-refractivity contribution in [2.24, 2.45) is 5.92 Å². The zero-order chi connectivity index (χ0) is 12.0. The van der Waals surface area contributed by atoms with Gasteiger partial charge in [-0.3, -0.25) is 0 Å². The third-order valence-electron chi connectivity index (χ3n) is 2.42. The number of hydrogen-bond acceptors (Lipinski definition) is 2. The van der Waals surface area contributed by atoms with E-state index >= 15 is 0 Å². The fourth-order valence-electron chi connectivity index (χ4n) is 1.51. The van der Waals surface area contributed by atoms with Crippen LogP contribution in [0.5, 0.6) is 5.75 Å². The molecular formula is C13H18O3. The molecule has 1 N–H and O–H groups in total. The summed E-state index contributed by atoms with van der Waals surface area (Å²) < 4.78 is 5.56. The number of ether oxygens (including phenoxy) is 1. The zero-order valence-corrected chi connectivity index (χ0v) is 9.77. The van der Waals surface area contributed by atoms with Crippen LogP contribution < -0.4 is 4.74 Å². The summed E-state index contributed by atoms with van der Waals surface area (Å²) in [5, 5.41) is 8.72. The van der Waals surface area contributed by atoms with Crippen molar-refractivity contribution in [1.82, 2.24) is 0 Å². The summed E-state index contributed by atoms with van der Waals surface area (Å²) in [6.45, 7) is 4.98. The van der Waals surface area contributed by atoms with Gasteiger partial charge in [0.2, 0.25) is 0 Å². The molecule has 0 fully saturated rings. The van der Waals surface area contributed by atoms with Crippen molar-refractivity contribution in [3.8, 4) is 5.75 Å². The molecule has 0 heterocycles. The van der Waals surface area contributed by atoms with Gasteiger partial charge in [-0.1, -0.05) is 20.3 Å². The smallest absolute Gasteiger partial charge is 0.335 e. The molecule has 0 aliphatic rings. The summed E-state index contributed by atoms with van der Waals surface area (Å²) in [4.78, 5) is 10.6. The van der Waals surface area contributed by atoms with Crippen molar-refractivity contribution in [2.45, 2.75) is 26.7 Å². The molecule has 1 aromatic rings. The Hall–Kier alpha value is -1.51. The minimum Gasteiger partial charge on any atom is -0.493 e. The zero-order valence-electron chi connectivity index (χ0n) is 9.77. The quantitative estimate of drug-likeness (QED) is 0.804. The highest BCUT2D eigenvalue weighted by Crippen LogP contribution is 2.14. The highest BCUT2D eigenvalue weighted by molar-refractivity contribution is 5.87. The van der Waals surface area contributed by atoms with Gasteiger partial charge in [-0.2, -0.15) is 0 Å². The lowest BCUT2D eigenvalue weighted by molar-refractivity contribution is 0.0697. The van der Waals surface area contributed by atoms with E-state index in [-0.39, 0.29) is 5.56 Å². The van der Waals surface area contributed by atoms with Crippen LogP contribution in [-0.4, -0.2) is 17.7 Å². The van der Waals surface area contributed by atoms with Crippen molar-refractivity contribution in [3.05, 3.63) is 29.8 Å². The molecule has 0 spiro atoms. The molecule has 88 valence electrons. The summed E-state index contributed by atoms with van der Waals surface area (Å²) in [6, 6.07) is 6.51. The highest BCUT2D eigenvalue weighted by atomic mass is 16.5. The van der Waals surface area contributed by atoms with E-state index in [1.54, 1.807) is 24.3 Å². The Kier molecular flexibility index (Phi) is 4.83. The third kappa shape index (κ3) is 3.93. The predicted octanol–water partition coefficient (Wildman–Crippen LogP) is 3.20. The Morgan fingerprint density at radius 2 is 2.00 bits per heavy atom. The lowest BCUT2D eigenvalue weighted by Gasteiger charge is -2.11. The molecule has 3 nitrogen and oxygen atoms in total. The monoisotopic (exact) mass is 222 g/mol. The molecule has 0 saturated carbocycles. The van der Waals surface area contributed by atoms with Crippen LogP contribution in [0.1, 0.15) is 37.0 Å². The van der Waals surface area contributed by atoms with Gasteiger partial charge in [0.1, 0.15) is 5.75 Å². The van der Waals surface area contributed by atoms with Crippen molar-refractivity contribution in [3.63, 3.8) is 0 Å². The SMILES string of the molecule is CCCC(C)COc1ccc(C(=O)O)cc1. The third-order valence-corrected chi connectivity index (χ3v) is 2.42. The molecule has 0 aromatic heterocycles. The lowest BCUT2D eigenvalue weighted by atomic mass is 10.1. The number of rotatable bonds is 6. The van der Waals surface area contributed by atoms with Crippen molar-refractivity contribution >= 4 is 5.97 Å². The van der Waals surface area contributed by atoms with E-state index in [0.717, 1.165) is 18.6 Å². The first-order valence-electron chi connectivity index (χ1n) is 5.59. The largest absolute Gasteiger partial charge is 0.493 e. The molecule has 0 radical (unpaired) electrons. The maximum Gasteiger partial charge on any atom is 0.335 e. The molecule has 0 bridgehead atoms. The average molecular weight is 222 g/mol. The van der Waals surface area contributed by atoms with Crippen LogP contribution in [0.15, 0.2) is 24.3 Å². The van der Waals surface area contributed by atoms with Crippen LogP contribution in [0.2, 0.25) is 0 Å². The Morgan fingerprint density at radius 3 is 2.50 bits per heavy atom. The Bertz CT molecular complexity index is 330. The van der Waals surface area contributed by atoms with E-state index in [9.17, 15) is 4.79 Å². The van der Waals surface area contributed by atoms with Gasteiger partial charge in [0.05, 0.1) is 12.2 Å². The van der Waals surface area contributed by atoms with Crippen LogP contribution in [-0.2, 0) is 0 Å². The van der Waals surface area contributed by atoms with E-state index in [1.165, 1.54) is 0 Å². The maximum absolute atomic E-state index is 10.6. The Morgan fingerprint density at radius 1 is 1.38 bits per heavy atom. The number of aromatic carboxylic acids is 1. The number of benzene rings is 1. The van der Waals surface area contributed by atoms with E-state index in [4.69, 9.17) is 9.84 Å². The van der Waals surface area contributed by atoms with Gasteiger partial charge in [-0.25, -0.2) is 4.79 Å². The van der Waals surface area contributed by atoms with Crippen LogP contribution in [0, 0.1) is 5.92 Å². The second kappa shape index (κ2) is 6.16. The first-order chi connectivity index (χ1) is 7.63. The van der Waals surface area contributed by atoms with E-state index < -0.39 is 5.97 Å². The minimum atomic E-state index is -0.911. The highest BCUT2D eigenvalue weighted by Gasteiger charge is 2.04. The maximum atomic E-state index is 10.6. The Labute approximate surface area is 96.1 Å². The average Bonchev–Trinajstić information content (AvgIpc) is 2.27. The van der Waals surface area contributed by atoms with Gasteiger partial charge in [0, 0.05) is 0 Å². The van der Waals surface area contributed by atoms with Crippen LogP contribution >= 0.6 is 0 Å². The van der Waals surface area contributed by atoms with Gasteiger partial charge in [0.25, 0.3) is 0 Å². The first-order valence-corrected chi connectivity index (χ1v) is 5.59. The molecular weight excluding hydrogens is 204 g/mol. The molecule has 0 saturated heterocycles. The Balaban J connectivity index is 2.46. The lowest BCUT2D eigenvalue weighted by Crippen LogP contribution is -2.08. The number of hydrogen-bond donors (Lipinski definition) is 1. The van der Waals surface area contributed by atoms with Gasteiger partial charge in [-0.15, -0.1) is 0 Å². The number of carbonyl (C=O) groups is 1. The summed E-state index contributed by atoms with van der Waals surface area (Å²) in [5.41, 5.74) is 0.286. The molecule has 1 unspecified atom stereocenters. The number of carboxylic acid groups (broad SMARTS) is 1. The van der Waals surface area contributed by atoms with Gasteiger partial charge < -0.3 is 9.84 Å². The normalized spacial score (nSPS) is 12.1. The molecule has 1 rings (SSSR count). The van der Waals surface area contributed by atoms with Crippen LogP contribution in [0.4, 0.5) is 0 Å². The molecule has 0 aliphatic heterocycles. The van der Waals surface area contributed by atoms with E-state index in [2.05, 4.69) is 13.8 Å². The molecule has 0 amide bonds. The summed E-state index contributed by atoms with van der Waals surface area (Å²) >= 11 is 0. The summed E-state index contributed by atoms with van der Waals surface area (Å²) in [5.74, 6) is 0.350. The molecule has 3 heteroatoms. The van der Waals surface area contributed by atoms with Gasteiger partial charge in [0.15, 0.2) is 0 Å². The molecule has 16 heavy (non-hydrogen) atoms. The fourth-order valence-corrected chi connectivity index (χ4v) is 1.51. The van der Waals surface area contributed by atoms with Crippen molar-refractivity contribution < 1.29 is 14.6 Å². The van der Waals surface area contributed by atoms with Crippen molar-refractivity contribution in [2.75, 3.05) is 6.61 Å². The summed E-state index contributed by atoms with van der Waals surface area (Å²) in [6.07, 6.45) is 2.30. The van der Waals surface area contributed by atoms with Gasteiger partial charge in [-0.05, 0) is 36.6 Å². The summed E-state index contributed by atoms with van der Waals surface area (Å²) in [7, 11) is 0. The van der Waals surface area contributed by atoms with Crippen LogP contribution in [0.3, 0.4) is 0 Å². The second-order valence-corrected chi connectivity index (χ2v) is 4.03. The minimum absolute atomic E-state index is 0.286. The van der Waals surface area contributed by atoms with Crippen LogP contribution in [0.25, 0.3) is 0 Å². The van der Waals surface area contributed by atoms with E-state index in [0.29, 0.717) is 12.5 Å². The topological polar surface area (TPSA) is 46.5 Å². The predicted molar refractivity (Wildman–Crippen MR) is 63.0 cm³/mol. The van der Waals surface area contributed by atoms with Gasteiger partial charge >= 0.3 is 5.97 Å². The van der Waals surface area contributed by atoms with E-state index in [1.807, 2.05) is 0 Å². The standard InChI is InChI=1S/C13H18O3/c1-3-4-10(2)9-16-12-7-5-11(6-8-12)13(14)15/h5-8,10H,3-4,9H2,1-2H3,(H,14,15). The molecule has 0 aliphatic carbocycles. The second-order valence-electron chi connectivity index (χ2n) is 4.03. The fraction of sp³-hybridized carbons (Fsp3) is 0.462.